The Kier molecular flexibility index (Phi) is 7.18. The lowest BCUT2D eigenvalue weighted by atomic mass is 9.95. The van der Waals surface area contributed by atoms with Gasteiger partial charge in [0.25, 0.3) is 17.5 Å². The monoisotopic (exact) mass is 532 g/mol. The van der Waals surface area contributed by atoms with Crippen LogP contribution in [-0.4, -0.2) is 58.9 Å². The number of aromatic nitrogens is 2. The molecule has 0 unspecified atom stereocenters. The number of hydrogen-bond acceptors (Lipinski definition) is 7. The van der Waals surface area contributed by atoms with Crippen molar-refractivity contribution in [3.05, 3.63) is 70.0 Å². The fraction of sp³-hybridized carbons (Fsp3) is 0.286. The van der Waals surface area contributed by atoms with E-state index in [4.69, 9.17) is 14.2 Å². The Morgan fingerprint density at radius 3 is 2.00 bits per heavy atom. The molecule has 3 heterocycles. The SMILES string of the molecule is CCOCCOCCOc1ccc2c(C3=C(c4cn(C)c5cc([N+](=O)[O-])ccc45)C(=O)NC3=O)cn(C)c2c1. The van der Waals surface area contributed by atoms with Crippen LogP contribution < -0.4 is 10.1 Å². The number of carbonyl (C=O) groups excluding carboxylic acids is 2. The van der Waals surface area contributed by atoms with Gasteiger partial charge in [0.1, 0.15) is 12.4 Å². The van der Waals surface area contributed by atoms with Crippen molar-refractivity contribution >= 4 is 50.5 Å². The maximum absolute atomic E-state index is 13.1. The molecule has 0 saturated heterocycles. The Bertz CT molecular complexity index is 1650. The van der Waals surface area contributed by atoms with Gasteiger partial charge in [0.05, 0.1) is 46.9 Å². The van der Waals surface area contributed by atoms with Crippen LogP contribution in [0.2, 0.25) is 0 Å². The molecule has 0 fully saturated rings. The van der Waals surface area contributed by atoms with Gasteiger partial charge in [0.2, 0.25) is 0 Å². The first kappa shape index (κ1) is 26.1. The van der Waals surface area contributed by atoms with Gasteiger partial charge in [0, 0.05) is 73.2 Å². The van der Waals surface area contributed by atoms with E-state index in [-0.39, 0.29) is 16.8 Å². The summed E-state index contributed by atoms with van der Waals surface area (Å²) in [5.41, 5.74) is 2.98. The molecule has 5 rings (SSSR count). The van der Waals surface area contributed by atoms with Crippen LogP contribution in [0, 0.1) is 10.1 Å². The molecule has 2 aromatic heterocycles. The summed E-state index contributed by atoms with van der Waals surface area (Å²) < 4.78 is 20.2. The number of nitrogens with one attached hydrogen (secondary N) is 1. The van der Waals surface area contributed by atoms with E-state index in [1.54, 1.807) is 23.9 Å². The van der Waals surface area contributed by atoms with Crippen LogP contribution in [0.15, 0.2) is 48.8 Å². The van der Waals surface area contributed by atoms with Crippen LogP contribution >= 0.6 is 0 Å². The van der Waals surface area contributed by atoms with Crippen molar-refractivity contribution in [3.63, 3.8) is 0 Å². The minimum atomic E-state index is -0.512. The van der Waals surface area contributed by atoms with Crippen molar-refractivity contribution in [3.8, 4) is 5.75 Å². The number of hydrogen-bond donors (Lipinski definition) is 1. The average molecular weight is 533 g/mol. The number of amides is 2. The van der Waals surface area contributed by atoms with Gasteiger partial charge in [-0.1, -0.05) is 0 Å². The molecule has 0 radical (unpaired) electrons. The number of imide groups is 1. The van der Waals surface area contributed by atoms with Gasteiger partial charge >= 0.3 is 0 Å². The van der Waals surface area contributed by atoms with Crippen molar-refractivity contribution in [2.75, 3.05) is 33.0 Å². The number of nitrogens with zero attached hydrogens (tertiary/aromatic N) is 3. The van der Waals surface area contributed by atoms with Gasteiger partial charge in [-0.05, 0) is 25.1 Å². The number of benzene rings is 2. The lowest BCUT2D eigenvalue weighted by Crippen LogP contribution is -2.22. The highest BCUT2D eigenvalue weighted by Crippen LogP contribution is 2.39. The quantitative estimate of drug-likeness (QED) is 0.135. The number of carbonyl (C=O) groups is 2. The summed E-state index contributed by atoms with van der Waals surface area (Å²) in [6, 6.07) is 10.0. The van der Waals surface area contributed by atoms with E-state index in [9.17, 15) is 19.7 Å². The summed E-state index contributed by atoms with van der Waals surface area (Å²) >= 11 is 0. The summed E-state index contributed by atoms with van der Waals surface area (Å²) in [7, 11) is 3.60. The van der Waals surface area contributed by atoms with Crippen molar-refractivity contribution in [2.45, 2.75) is 6.92 Å². The molecule has 11 heteroatoms. The van der Waals surface area contributed by atoms with E-state index >= 15 is 0 Å². The fourth-order valence-electron chi connectivity index (χ4n) is 4.89. The number of rotatable bonds is 11. The second-order valence-electron chi connectivity index (χ2n) is 9.14. The molecule has 0 saturated carbocycles. The third-order valence-electron chi connectivity index (χ3n) is 6.69. The third kappa shape index (κ3) is 4.89. The fourth-order valence-corrected chi connectivity index (χ4v) is 4.89. The summed E-state index contributed by atoms with van der Waals surface area (Å²) in [4.78, 5) is 37.0. The van der Waals surface area contributed by atoms with Gasteiger partial charge in [-0.2, -0.15) is 0 Å². The van der Waals surface area contributed by atoms with Crippen LogP contribution in [-0.2, 0) is 33.2 Å². The highest BCUT2D eigenvalue weighted by Gasteiger charge is 2.35. The zero-order valence-corrected chi connectivity index (χ0v) is 21.9. The smallest absolute Gasteiger partial charge is 0.271 e. The first-order valence-electron chi connectivity index (χ1n) is 12.5. The van der Waals surface area contributed by atoms with Gasteiger partial charge in [-0.25, -0.2) is 0 Å². The van der Waals surface area contributed by atoms with Crippen molar-refractivity contribution in [2.24, 2.45) is 14.1 Å². The molecule has 0 aliphatic carbocycles. The maximum Gasteiger partial charge on any atom is 0.271 e. The van der Waals surface area contributed by atoms with Gasteiger partial charge < -0.3 is 23.3 Å². The number of nitro groups is 1. The minimum absolute atomic E-state index is 0.0550. The first-order valence-corrected chi connectivity index (χ1v) is 12.5. The molecular formula is C28H28N4O7. The van der Waals surface area contributed by atoms with Crippen LogP contribution in [0.3, 0.4) is 0 Å². The average Bonchev–Trinajstić information content (AvgIpc) is 3.52. The second-order valence-corrected chi connectivity index (χ2v) is 9.14. The largest absolute Gasteiger partial charge is 0.491 e. The number of aryl methyl sites for hydroxylation is 2. The van der Waals surface area contributed by atoms with Crippen LogP contribution in [0.4, 0.5) is 5.69 Å². The van der Waals surface area contributed by atoms with Gasteiger partial charge in [-0.15, -0.1) is 0 Å². The molecule has 39 heavy (non-hydrogen) atoms. The molecule has 1 aliphatic rings. The topological polar surface area (TPSA) is 127 Å². The number of nitro benzene ring substituents is 1. The Balaban J connectivity index is 1.50. The number of ether oxygens (including phenoxy) is 3. The molecule has 0 atom stereocenters. The van der Waals surface area contributed by atoms with E-state index in [1.165, 1.54) is 12.1 Å². The minimum Gasteiger partial charge on any atom is -0.491 e. The van der Waals surface area contributed by atoms with E-state index in [0.717, 1.165) is 10.9 Å². The van der Waals surface area contributed by atoms with Gasteiger partial charge in [-0.3, -0.25) is 25.0 Å². The summed E-state index contributed by atoms with van der Waals surface area (Å²) in [5.74, 6) is -0.353. The summed E-state index contributed by atoms with van der Waals surface area (Å²) in [5, 5.41) is 15.1. The van der Waals surface area contributed by atoms with Crippen molar-refractivity contribution in [1.29, 1.82) is 0 Å². The van der Waals surface area contributed by atoms with E-state index < -0.39 is 16.7 Å². The lowest BCUT2D eigenvalue weighted by Gasteiger charge is -2.08. The van der Waals surface area contributed by atoms with E-state index in [1.807, 2.05) is 42.9 Å². The molecule has 0 bridgehead atoms. The third-order valence-corrected chi connectivity index (χ3v) is 6.69. The summed E-state index contributed by atoms with van der Waals surface area (Å²) in [6.07, 6.45) is 3.53. The Hall–Kier alpha value is -4.48. The molecule has 11 nitrogen and oxygen atoms in total. The molecule has 1 aliphatic heterocycles. The molecule has 4 aromatic rings. The zero-order chi connectivity index (χ0) is 27.7. The maximum atomic E-state index is 13.1. The normalized spacial score (nSPS) is 13.6. The predicted molar refractivity (Wildman–Crippen MR) is 145 cm³/mol. The van der Waals surface area contributed by atoms with Crippen molar-refractivity contribution in [1.82, 2.24) is 14.5 Å². The number of fused-ring (bicyclic) bond motifs is 2. The van der Waals surface area contributed by atoms with E-state index in [0.29, 0.717) is 60.8 Å². The van der Waals surface area contributed by atoms with Crippen LogP contribution in [0.25, 0.3) is 33.0 Å². The van der Waals surface area contributed by atoms with Crippen LogP contribution in [0.1, 0.15) is 18.1 Å². The molecule has 1 N–H and O–H groups in total. The highest BCUT2D eigenvalue weighted by atomic mass is 16.6. The Labute approximate surface area is 223 Å². The van der Waals surface area contributed by atoms with Gasteiger partial charge in [0.15, 0.2) is 0 Å². The van der Waals surface area contributed by atoms with Crippen LogP contribution in [0.5, 0.6) is 5.75 Å². The van der Waals surface area contributed by atoms with E-state index in [2.05, 4.69) is 5.32 Å². The number of non-ortho nitro benzene ring substituents is 1. The molecular weight excluding hydrogens is 504 g/mol. The standard InChI is InChI=1S/C28H28N4O7/c1-4-37-9-10-38-11-12-39-18-6-8-20-22(16-31(3)24(20)14-18)26-25(27(33)29-28(26)34)21-15-30(2)23-13-17(32(35)36)5-7-19(21)23/h5-8,13-16H,4,9-12H2,1-3H3,(H,29,33,34). The lowest BCUT2D eigenvalue weighted by molar-refractivity contribution is -0.384. The zero-order valence-electron chi connectivity index (χ0n) is 21.9. The van der Waals surface area contributed by atoms with Crippen molar-refractivity contribution < 1.29 is 28.7 Å². The second kappa shape index (κ2) is 10.7. The first-order chi connectivity index (χ1) is 18.8. The molecule has 202 valence electrons. The predicted octanol–water partition coefficient (Wildman–Crippen LogP) is 3.58. The molecule has 2 aromatic carbocycles. The summed E-state index contributed by atoms with van der Waals surface area (Å²) in [6.45, 7) is 4.43. The Morgan fingerprint density at radius 1 is 0.821 bits per heavy atom. The Morgan fingerprint density at radius 2 is 1.38 bits per heavy atom. The molecule has 2 amide bonds. The molecule has 0 spiro atoms. The highest BCUT2D eigenvalue weighted by molar-refractivity contribution is 6.50.